The van der Waals surface area contributed by atoms with Crippen molar-refractivity contribution in [2.75, 3.05) is 18.5 Å². The summed E-state index contributed by atoms with van der Waals surface area (Å²) in [5.74, 6) is 0.873. The Morgan fingerprint density at radius 1 is 1.38 bits per heavy atom. The monoisotopic (exact) mass is 325 g/mol. The van der Waals surface area contributed by atoms with Gasteiger partial charge in [-0.25, -0.2) is 0 Å². The molecule has 1 aromatic carbocycles. The molecule has 2 heterocycles. The molecule has 3 rings (SSSR count). The zero-order chi connectivity index (χ0) is 14.8. The molecule has 8 heteroatoms. The first-order valence-electron chi connectivity index (χ1n) is 6.40. The van der Waals surface area contributed by atoms with Gasteiger partial charge in [0.05, 0.1) is 16.4 Å². The Kier molecular flexibility index (Phi) is 3.94. The molecule has 21 heavy (non-hydrogen) atoms. The summed E-state index contributed by atoms with van der Waals surface area (Å²) in [4.78, 5) is 12.8. The van der Waals surface area contributed by atoms with Crippen LogP contribution >= 0.6 is 23.1 Å². The Morgan fingerprint density at radius 2 is 2.10 bits per heavy atom. The second-order valence-corrected chi connectivity index (χ2v) is 5.49. The van der Waals surface area contributed by atoms with Crippen LogP contribution in [0.5, 0.6) is 11.5 Å². The number of hydrogen-bond donors (Lipinski definition) is 1. The van der Waals surface area contributed by atoms with Crippen molar-refractivity contribution in [3.8, 4) is 11.5 Å². The molecular formula is C13H12ClN3O3S. The maximum Gasteiger partial charge on any atom is 0.269 e. The third-order valence-corrected chi connectivity index (χ3v) is 4.06. The number of nitrogens with zero attached hydrogens (tertiary/aromatic N) is 2. The van der Waals surface area contributed by atoms with Gasteiger partial charge in [-0.05, 0) is 18.0 Å². The highest BCUT2D eigenvalue weighted by Crippen LogP contribution is 2.38. The highest BCUT2D eigenvalue weighted by atomic mass is 35.5. The van der Waals surface area contributed by atoms with E-state index in [9.17, 15) is 4.79 Å². The van der Waals surface area contributed by atoms with Crippen molar-refractivity contribution in [3.63, 3.8) is 0 Å². The molecule has 1 aliphatic rings. The van der Waals surface area contributed by atoms with Crippen LogP contribution in [0.3, 0.4) is 0 Å². The van der Waals surface area contributed by atoms with E-state index in [-0.39, 0.29) is 5.91 Å². The topological polar surface area (TPSA) is 73.3 Å². The number of fused-ring (bicyclic) bond motifs is 1. The summed E-state index contributed by atoms with van der Waals surface area (Å²) < 4.78 is 14.7. The van der Waals surface area contributed by atoms with Crippen LogP contribution in [-0.4, -0.2) is 28.7 Å². The lowest BCUT2D eigenvalue weighted by Gasteiger charge is -2.19. The van der Waals surface area contributed by atoms with Crippen LogP contribution in [0.4, 0.5) is 5.69 Å². The summed E-state index contributed by atoms with van der Waals surface area (Å²) in [6.45, 7) is 2.88. The minimum atomic E-state index is -0.277. The van der Waals surface area contributed by atoms with E-state index in [4.69, 9.17) is 21.1 Å². The van der Waals surface area contributed by atoms with Gasteiger partial charge in [0.2, 0.25) is 0 Å². The molecule has 0 bridgehead atoms. The highest BCUT2D eigenvalue weighted by Gasteiger charge is 2.19. The highest BCUT2D eigenvalue weighted by molar-refractivity contribution is 7.08. The van der Waals surface area contributed by atoms with Crippen LogP contribution in [-0.2, 0) is 6.42 Å². The average molecular weight is 326 g/mol. The van der Waals surface area contributed by atoms with E-state index in [1.807, 2.05) is 6.92 Å². The summed E-state index contributed by atoms with van der Waals surface area (Å²) in [6, 6.07) is 3.30. The van der Waals surface area contributed by atoms with E-state index in [0.29, 0.717) is 52.4 Å². The maximum absolute atomic E-state index is 12.3. The second kappa shape index (κ2) is 5.87. The zero-order valence-electron chi connectivity index (χ0n) is 11.2. The molecule has 0 saturated carbocycles. The van der Waals surface area contributed by atoms with Gasteiger partial charge in [-0.15, -0.1) is 5.10 Å². The van der Waals surface area contributed by atoms with Gasteiger partial charge in [0.1, 0.15) is 18.1 Å². The molecule has 1 N–H and O–H groups in total. The summed E-state index contributed by atoms with van der Waals surface area (Å²) in [7, 11) is 0. The fraction of sp³-hybridized carbons (Fsp3) is 0.308. The summed E-state index contributed by atoms with van der Waals surface area (Å²) in [5, 5.41) is 7.07. The van der Waals surface area contributed by atoms with Gasteiger partial charge < -0.3 is 14.8 Å². The van der Waals surface area contributed by atoms with Gasteiger partial charge >= 0.3 is 0 Å². The molecule has 0 fully saturated rings. The first kappa shape index (κ1) is 14.1. The molecule has 0 radical (unpaired) electrons. The number of carbonyl (C=O) groups excluding carboxylic acids is 1. The number of anilines is 1. The van der Waals surface area contributed by atoms with E-state index < -0.39 is 0 Å². The summed E-state index contributed by atoms with van der Waals surface area (Å²) in [5.41, 5.74) is 1.15. The first-order chi connectivity index (χ1) is 10.2. The maximum atomic E-state index is 12.3. The number of amides is 1. The van der Waals surface area contributed by atoms with Crippen molar-refractivity contribution in [3.05, 3.63) is 27.7 Å². The van der Waals surface area contributed by atoms with Gasteiger partial charge in [0.15, 0.2) is 11.5 Å². The van der Waals surface area contributed by atoms with Crippen LogP contribution in [0.1, 0.15) is 22.3 Å². The van der Waals surface area contributed by atoms with E-state index >= 15 is 0 Å². The van der Waals surface area contributed by atoms with Crippen LogP contribution in [0.25, 0.3) is 0 Å². The normalized spacial score (nSPS) is 13.0. The molecular weight excluding hydrogens is 314 g/mol. The number of rotatable bonds is 3. The van der Waals surface area contributed by atoms with Crippen LogP contribution in [0.15, 0.2) is 12.1 Å². The van der Waals surface area contributed by atoms with Gasteiger partial charge in [0, 0.05) is 12.1 Å². The van der Waals surface area contributed by atoms with Gasteiger partial charge in [-0.1, -0.05) is 23.0 Å². The van der Waals surface area contributed by atoms with Crippen molar-refractivity contribution in [1.29, 1.82) is 0 Å². The van der Waals surface area contributed by atoms with Crippen molar-refractivity contribution in [2.24, 2.45) is 0 Å². The Balaban J connectivity index is 1.86. The third-order valence-electron chi connectivity index (χ3n) is 2.98. The standard InChI is InChI=1S/C13H12ClN3O3S/c1-2-8-12(21-17-16-8)13(18)15-9-6-11-10(5-7(9)14)19-3-4-20-11/h5-6H,2-4H2,1H3,(H,15,18). The largest absolute Gasteiger partial charge is 0.486 e. The number of ether oxygens (including phenoxy) is 2. The number of hydrogen-bond acceptors (Lipinski definition) is 6. The van der Waals surface area contributed by atoms with E-state index in [1.165, 1.54) is 0 Å². The zero-order valence-corrected chi connectivity index (χ0v) is 12.8. The lowest BCUT2D eigenvalue weighted by atomic mass is 10.2. The average Bonchev–Trinajstić information content (AvgIpc) is 2.96. The lowest BCUT2D eigenvalue weighted by molar-refractivity contribution is 0.102. The predicted molar refractivity (Wildman–Crippen MR) is 79.7 cm³/mol. The van der Waals surface area contributed by atoms with Crippen LogP contribution in [0, 0.1) is 0 Å². The molecule has 0 unspecified atom stereocenters. The van der Waals surface area contributed by atoms with E-state index in [0.717, 1.165) is 11.5 Å². The first-order valence-corrected chi connectivity index (χ1v) is 7.56. The van der Waals surface area contributed by atoms with Crippen LogP contribution < -0.4 is 14.8 Å². The molecule has 0 atom stereocenters. The molecule has 1 aliphatic heterocycles. The minimum Gasteiger partial charge on any atom is -0.486 e. The van der Waals surface area contributed by atoms with E-state index in [2.05, 4.69) is 14.9 Å². The minimum absolute atomic E-state index is 0.277. The van der Waals surface area contributed by atoms with Crippen molar-refractivity contribution in [2.45, 2.75) is 13.3 Å². The predicted octanol–water partition coefficient (Wildman–Crippen LogP) is 2.78. The van der Waals surface area contributed by atoms with Gasteiger partial charge in [0.25, 0.3) is 5.91 Å². The Hall–Kier alpha value is -1.86. The molecule has 0 aliphatic carbocycles. The molecule has 0 spiro atoms. The van der Waals surface area contributed by atoms with Crippen LogP contribution in [0.2, 0.25) is 5.02 Å². The SMILES string of the molecule is CCc1nnsc1C(=O)Nc1cc2c(cc1Cl)OCCO2. The third kappa shape index (κ3) is 2.79. The second-order valence-electron chi connectivity index (χ2n) is 4.33. The Morgan fingerprint density at radius 3 is 2.81 bits per heavy atom. The number of halogens is 1. The number of carbonyl (C=O) groups is 1. The quantitative estimate of drug-likeness (QED) is 0.939. The fourth-order valence-electron chi connectivity index (χ4n) is 1.95. The van der Waals surface area contributed by atoms with Crippen molar-refractivity contribution >= 4 is 34.7 Å². The Labute approximate surface area is 130 Å². The van der Waals surface area contributed by atoms with Crippen molar-refractivity contribution in [1.82, 2.24) is 9.59 Å². The smallest absolute Gasteiger partial charge is 0.269 e. The van der Waals surface area contributed by atoms with Gasteiger partial charge in [-0.3, -0.25) is 4.79 Å². The fourth-order valence-corrected chi connectivity index (χ4v) is 2.80. The summed E-state index contributed by atoms with van der Waals surface area (Å²) >= 11 is 7.23. The molecule has 2 aromatic rings. The van der Waals surface area contributed by atoms with Gasteiger partial charge in [-0.2, -0.15) is 0 Å². The molecule has 110 valence electrons. The number of benzene rings is 1. The molecule has 1 aromatic heterocycles. The lowest BCUT2D eigenvalue weighted by Crippen LogP contribution is -2.17. The molecule has 0 saturated heterocycles. The Bertz CT molecular complexity index is 689. The molecule has 1 amide bonds. The number of aryl methyl sites for hydroxylation is 1. The summed E-state index contributed by atoms with van der Waals surface area (Å²) in [6.07, 6.45) is 0.647. The number of aromatic nitrogens is 2. The van der Waals surface area contributed by atoms with E-state index in [1.54, 1.807) is 12.1 Å². The number of nitrogens with one attached hydrogen (secondary N) is 1. The molecule has 6 nitrogen and oxygen atoms in total. The van der Waals surface area contributed by atoms with Crippen molar-refractivity contribution < 1.29 is 14.3 Å².